The average Bonchev–Trinajstić information content (AvgIpc) is 2.72. The van der Waals surface area contributed by atoms with E-state index in [-0.39, 0.29) is 39.5 Å². The van der Waals surface area contributed by atoms with Crippen molar-refractivity contribution in [2.45, 2.75) is 36.2 Å². The van der Waals surface area contributed by atoms with E-state index in [0.717, 1.165) is 25.8 Å². The minimum absolute atomic E-state index is 0. The van der Waals surface area contributed by atoms with Gasteiger partial charge in [0.05, 0.1) is 14.3 Å². The quantitative estimate of drug-likeness (QED) is 0.591. The van der Waals surface area contributed by atoms with Gasteiger partial charge in [-0.15, -0.1) is 12.4 Å². The topological polar surface area (TPSA) is 92.5 Å². The Hall–Kier alpha value is -0.740. The molecule has 3 rings (SSSR count). The number of rotatable bonds is 3. The molecule has 0 amide bonds. The van der Waals surface area contributed by atoms with Gasteiger partial charge < -0.3 is 5.32 Å². The summed E-state index contributed by atoms with van der Waals surface area (Å²) < 4.78 is 27.7. The molecule has 128 valence electrons. The number of nitrogens with one attached hydrogen (secondary N) is 1. The Kier molecular flexibility index (Phi) is 5.68. The Morgan fingerprint density at radius 2 is 1.96 bits per heavy atom. The molecule has 2 saturated heterocycles. The first kappa shape index (κ1) is 18.6. The molecule has 2 fully saturated rings. The van der Waals surface area contributed by atoms with Crippen LogP contribution in [-0.4, -0.2) is 42.8 Å². The molecule has 0 saturated carbocycles. The minimum Gasteiger partial charge on any atom is -0.315 e. The van der Waals surface area contributed by atoms with Gasteiger partial charge in [-0.2, -0.15) is 4.31 Å². The molecule has 10 heteroatoms. The molecule has 1 N–H and O–H groups in total. The number of nitro benzene ring substituents is 1. The van der Waals surface area contributed by atoms with Crippen molar-refractivity contribution in [3.05, 3.63) is 32.8 Å². The van der Waals surface area contributed by atoms with Crippen LogP contribution in [0.5, 0.6) is 0 Å². The van der Waals surface area contributed by atoms with Gasteiger partial charge in [0, 0.05) is 24.7 Å². The smallest absolute Gasteiger partial charge is 0.283 e. The largest absolute Gasteiger partial charge is 0.315 e. The van der Waals surface area contributed by atoms with Crippen LogP contribution in [0, 0.1) is 10.1 Å². The first-order chi connectivity index (χ1) is 10.4. The molecule has 2 bridgehead atoms. The fourth-order valence-corrected chi connectivity index (χ4v) is 5.85. The molecule has 2 unspecified atom stereocenters. The number of hydrogen-bond donors (Lipinski definition) is 1. The summed E-state index contributed by atoms with van der Waals surface area (Å²) in [7, 11) is -3.65. The molecular weight excluding hydrogens is 410 g/mol. The van der Waals surface area contributed by atoms with Crippen molar-refractivity contribution in [1.82, 2.24) is 9.62 Å². The highest BCUT2D eigenvalue weighted by molar-refractivity contribution is 9.10. The number of nitrogens with zero attached hydrogens (tertiary/aromatic N) is 2. The summed E-state index contributed by atoms with van der Waals surface area (Å²) in [5.41, 5.74) is -0.139. The number of halogens is 2. The van der Waals surface area contributed by atoms with Gasteiger partial charge in [-0.25, -0.2) is 8.42 Å². The predicted molar refractivity (Wildman–Crippen MR) is 91.4 cm³/mol. The summed E-state index contributed by atoms with van der Waals surface area (Å²) in [5.74, 6) is 0. The number of sulfonamides is 1. The van der Waals surface area contributed by atoms with Crippen LogP contribution >= 0.6 is 28.3 Å². The highest BCUT2D eigenvalue weighted by atomic mass is 79.9. The first-order valence-corrected chi connectivity index (χ1v) is 9.33. The number of fused-ring (bicyclic) bond motifs is 2. The van der Waals surface area contributed by atoms with Crippen LogP contribution in [0.4, 0.5) is 5.69 Å². The zero-order valence-electron chi connectivity index (χ0n) is 12.1. The maximum absolute atomic E-state index is 12.9. The molecule has 1 aromatic rings. The van der Waals surface area contributed by atoms with Crippen LogP contribution in [0.1, 0.15) is 19.3 Å². The van der Waals surface area contributed by atoms with E-state index in [1.807, 2.05) is 0 Å². The van der Waals surface area contributed by atoms with Crippen LogP contribution in [0.2, 0.25) is 0 Å². The summed E-state index contributed by atoms with van der Waals surface area (Å²) in [6.07, 6.45) is 2.52. The summed E-state index contributed by atoms with van der Waals surface area (Å²) in [6, 6.07) is 3.85. The molecule has 2 heterocycles. The van der Waals surface area contributed by atoms with Gasteiger partial charge in [-0.05, 0) is 53.9 Å². The van der Waals surface area contributed by atoms with E-state index < -0.39 is 14.9 Å². The molecule has 2 aliphatic heterocycles. The van der Waals surface area contributed by atoms with Crippen molar-refractivity contribution < 1.29 is 13.3 Å². The average molecular weight is 427 g/mol. The highest BCUT2D eigenvalue weighted by Gasteiger charge is 2.43. The number of hydrogen-bond acceptors (Lipinski definition) is 5. The van der Waals surface area contributed by atoms with Crippen LogP contribution in [0.3, 0.4) is 0 Å². The second-order valence-electron chi connectivity index (χ2n) is 5.58. The molecule has 2 atom stereocenters. The third kappa shape index (κ3) is 3.39. The minimum atomic E-state index is -3.65. The van der Waals surface area contributed by atoms with Gasteiger partial charge in [-0.3, -0.25) is 10.1 Å². The Bertz CT molecular complexity index is 701. The Morgan fingerprint density at radius 1 is 1.26 bits per heavy atom. The second-order valence-corrected chi connectivity index (χ2v) is 8.28. The third-order valence-corrected chi connectivity index (χ3v) is 6.91. The summed E-state index contributed by atoms with van der Waals surface area (Å²) in [4.78, 5) is 10.4. The van der Waals surface area contributed by atoms with Crippen molar-refractivity contribution in [3.63, 3.8) is 0 Å². The van der Waals surface area contributed by atoms with Crippen molar-refractivity contribution in [1.29, 1.82) is 0 Å². The van der Waals surface area contributed by atoms with Crippen molar-refractivity contribution in [2.75, 3.05) is 13.1 Å². The lowest BCUT2D eigenvalue weighted by molar-refractivity contribution is -0.385. The monoisotopic (exact) mass is 425 g/mol. The fraction of sp³-hybridized carbons (Fsp3) is 0.538. The molecule has 0 spiro atoms. The van der Waals surface area contributed by atoms with Gasteiger partial charge in [0.25, 0.3) is 5.69 Å². The fourth-order valence-electron chi connectivity index (χ4n) is 3.25. The molecular formula is C13H17BrClN3O4S. The van der Waals surface area contributed by atoms with Gasteiger partial charge in [0.2, 0.25) is 10.0 Å². The Morgan fingerprint density at radius 3 is 2.61 bits per heavy atom. The van der Waals surface area contributed by atoms with Gasteiger partial charge in [0.15, 0.2) is 0 Å². The standard InChI is InChI=1S/C13H16BrN3O4S.ClH/c14-12-7-11(3-4-13(12)17(18)19)22(20,21)16-9-1-2-10(16)8-15-6-5-9;/h3-4,7,9-10,15H,1-2,5-6,8H2;1H. The zero-order valence-corrected chi connectivity index (χ0v) is 15.4. The van der Waals surface area contributed by atoms with Crippen LogP contribution in [-0.2, 0) is 10.0 Å². The molecule has 2 aliphatic rings. The van der Waals surface area contributed by atoms with E-state index in [2.05, 4.69) is 21.2 Å². The molecule has 7 nitrogen and oxygen atoms in total. The Labute approximate surface area is 149 Å². The van der Waals surface area contributed by atoms with E-state index in [9.17, 15) is 18.5 Å². The van der Waals surface area contributed by atoms with E-state index in [1.54, 1.807) is 4.31 Å². The van der Waals surface area contributed by atoms with Crippen LogP contribution < -0.4 is 5.32 Å². The second kappa shape index (κ2) is 7.02. The molecule has 0 radical (unpaired) electrons. The maximum Gasteiger partial charge on any atom is 0.283 e. The van der Waals surface area contributed by atoms with Gasteiger partial charge >= 0.3 is 0 Å². The summed E-state index contributed by atoms with van der Waals surface area (Å²) >= 11 is 3.09. The van der Waals surface area contributed by atoms with Crippen LogP contribution in [0.15, 0.2) is 27.6 Å². The molecule has 0 aromatic heterocycles. The van der Waals surface area contributed by atoms with Crippen LogP contribution in [0.25, 0.3) is 0 Å². The van der Waals surface area contributed by atoms with Gasteiger partial charge in [-0.1, -0.05) is 0 Å². The predicted octanol–water partition coefficient (Wildman–Crippen LogP) is 2.29. The van der Waals surface area contributed by atoms with E-state index in [4.69, 9.17) is 0 Å². The van der Waals surface area contributed by atoms with Crippen molar-refractivity contribution >= 4 is 44.0 Å². The first-order valence-electron chi connectivity index (χ1n) is 7.09. The van der Waals surface area contributed by atoms with Gasteiger partial charge in [0.1, 0.15) is 0 Å². The lowest BCUT2D eigenvalue weighted by Crippen LogP contribution is -2.42. The van der Waals surface area contributed by atoms with E-state index in [0.29, 0.717) is 6.54 Å². The highest BCUT2D eigenvalue weighted by Crippen LogP contribution is 2.35. The summed E-state index contributed by atoms with van der Waals surface area (Å²) in [6.45, 7) is 1.47. The van der Waals surface area contributed by atoms with Crippen molar-refractivity contribution in [2.24, 2.45) is 0 Å². The SMILES string of the molecule is Cl.O=[N+]([O-])c1ccc(S(=O)(=O)N2C3CCNCC2CC3)cc1Br. The van der Waals surface area contributed by atoms with E-state index in [1.165, 1.54) is 18.2 Å². The molecule has 0 aliphatic carbocycles. The third-order valence-electron chi connectivity index (χ3n) is 4.28. The lowest BCUT2D eigenvalue weighted by Gasteiger charge is -2.26. The lowest BCUT2D eigenvalue weighted by atomic mass is 10.1. The zero-order chi connectivity index (χ0) is 15.9. The molecule has 1 aromatic carbocycles. The molecule has 23 heavy (non-hydrogen) atoms. The Balaban J connectivity index is 0.00000192. The normalized spacial score (nSPS) is 24.7. The number of nitro groups is 1. The van der Waals surface area contributed by atoms with Crippen molar-refractivity contribution in [3.8, 4) is 0 Å². The maximum atomic E-state index is 12.9. The van der Waals surface area contributed by atoms with E-state index >= 15 is 0 Å². The number of benzene rings is 1. The summed E-state index contributed by atoms with van der Waals surface area (Å²) in [5, 5.41) is 14.1.